The first kappa shape index (κ1) is 18.1. The van der Waals surface area contributed by atoms with E-state index in [1.807, 2.05) is 30.9 Å². The molecule has 0 aliphatic carbocycles. The third-order valence-electron chi connectivity index (χ3n) is 4.91. The number of carbonyl (C=O) groups is 2. The number of H-pyrrole nitrogens is 1. The largest absolute Gasteiger partial charge is 0.352 e. The highest BCUT2D eigenvalue weighted by Crippen LogP contribution is 2.31. The van der Waals surface area contributed by atoms with E-state index in [2.05, 4.69) is 20.5 Å². The quantitative estimate of drug-likeness (QED) is 0.858. The van der Waals surface area contributed by atoms with Gasteiger partial charge in [0.2, 0.25) is 11.8 Å². The third kappa shape index (κ3) is 3.92. The number of nitrogens with zero attached hydrogens (tertiary/aromatic N) is 3. The van der Waals surface area contributed by atoms with Crippen LogP contribution in [0.5, 0.6) is 0 Å². The fourth-order valence-corrected chi connectivity index (χ4v) is 3.42. The molecule has 3 heterocycles. The molecule has 1 atom stereocenters. The standard InChI is InChI=1S/C19H25N5O2/c1-12-16(13(2)23-22-12)9-19(26)24-8-4-5-18(24)17-7-6-15(11-21-17)10-20-14(3)25/h6-7,11,18H,4-5,8-10H2,1-3H3,(H,20,25)(H,22,23). The van der Waals surface area contributed by atoms with Crippen LogP contribution in [-0.2, 0) is 22.6 Å². The zero-order valence-corrected chi connectivity index (χ0v) is 15.5. The lowest BCUT2D eigenvalue weighted by Gasteiger charge is -2.24. The molecule has 0 aromatic carbocycles. The summed E-state index contributed by atoms with van der Waals surface area (Å²) in [6, 6.07) is 3.94. The van der Waals surface area contributed by atoms with Gasteiger partial charge in [0.15, 0.2) is 0 Å². The molecule has 7 heteroatoms. The van der Waals surface area contributed by atoms with Crippen LogP contribution in [0.2, 0.25) is 0 Å². The number of aromatic amines is 1. The van der Waals surface area contributed by atoms with Crippen LogP contribution in [0.25, 0.3) is 0 Å². The monoisotopic (exact) mass is 355 g/mol. The molecule has 0 saturated carbocycles. The minimum Gasteiger partial charge on any atom is -0.352 e. The van der Waals surface area contributed by atoms with E-state index in [9.17, 15) is 9.59 Å². The lowest BCUT2D eigenvalue weighted by molar-refractivity contribution is -0.131. The van der Waals surface area contributed by atoms with Gasteiger partial charge >= 0.3 is 0 Å². The van der Waals surface area contributed by atoms with Gasteiger partial charge in [0.25, 0.3) is 0 Å². The smallest absolute Gasteiger partial charge is 0.227 e. The Morgan fingerprint density at radius 2 is 2.15 bits per heavy atom. The van der Waals surface area contributed by atoms with E-state index in [0.29, 0.717) is 13.0 Å². The predicted octanol–water partition coefficient (Wildman–Crippen LogP) is 1.96. The Balaban J connectivity index is 1.69. The highest BCUT2D eigenvalue weighted by Gasteiger charge is 2.31. The first-order valence-corrected chi connectivity index (χ1v) is 8.95. The fraction of sp³-hybridized carbons (Fsp3) is 0.474. The average Bonchev–Trinajstić information content (AvgIpc) is 3.23. The van der Waals surface area contributed by atoms with Crippen LogP contribution < -0.4 is 5.32 Å². The molecule has 138 valence electrons. The van der Waals surface area contributed by atoms with E-state index in [0.717, 1.165) is 47.6 Å². The van der Waals surface area contributed by atoms with Crippen molar-refractivity contribution < 1.29 is 9.59 Å². The van der Waals surface area contributed by atoms with Crippen molar-refractivity contribution in [2.24, 2.45) is 0 Å². The van der Waals surface area contributed by atoms with E-state index >= 15 is 0 Å². The van der Waals surface area contributed by atoms with Gasteiger partial charge in [-0.3, -0.25) is 19.7 Å². The van der Waals surface area contributed by atoms with Crippen molar-refractivity contribution in [3.63, 3.8) is 0 Å². The number of aryl methyl sites for hydroxylation is 2. The predicted molar refractivity (Wildman–Crippen MR) is 97.2 cm³/mol. The molecular formula is C19H25N5O2. The van der Waals surface area contributed by atoms with Gasteiger partial charge < -0.3 is 10.2 Å². The molecule has 1 aliphatic heterocycles. The Morgan fingerprint density at radius 1 is 1.35 bits per heavy atom. The van der Waals surface area contributed by atoms with Crippen LogP contribution in [0.1, 0.15) is 54.0 Å². The molecule has 0 bridgehead atoms. The summed E-state index contributed by atoms with van der Waals surface area (Å²) < 4.78 is 0. The summed E-state index contributed by atoms with van der Waals surface area (Å²) in [6.45, 7) is 6.58. The fourth-order valence-electron chi connectivity index (χ4n) is 3.42. The van der Waals surface area contributed by atoms with E-state index < -0.39 is 0 Å². The van der Waals surface area contributed by atoms with Crippen molar-refractivity contribution in [3.05, 3.63) is 46.5 Å². The van der Waals surface area contributed by atoms with Crippen LogP contribution >= 0.6 is 0 Å². The number of aromatic nitrogens is 3. The zero-order chi connectivity index (χ0) is 18.7. The first-order chi connectivity index (χ1) is 12.5. The maximum absolute atomic E-state index is 12.9. The van der Waals surface area contributed by atoms with Gasteiger partial charge in [0, 0.05) is 37.5 Å². The molecule has 1 aliphatic rings. The lowest BCUT2D eigenvalue weighted by atomic mass is 10.1. The lowest BCUT2D eigenvalue weighted by Crippen LogP contribution is -2.32. The molecular weight excluding hydrogens is 330 g/mol. The highest BCUT2D eigenvalue weighted by atomic mass is 16.2. The number of likely N-dealkylation sites (tertiary alicyclic amines) is 1. The molecule has 1 unspecified atom stereocenters. The topological polar surface area (TPSA) is 91.0 Å². The minimum atomic E-state index is -0.0634. The third-order valence-corrected chi connectivity index (χ3v) is 4.91. The van der Waals surface area contributed by atoms with Gasteiger partial charge in [0.05, 0.1) is 23.9 Å². The number of hydrogen-bond acceptors (Lipinski definition) is 4. The van der Waals surface area contributed by atoms with E-state index in [1.54, 1.807) is 6.20 Å². The van der Waals surface area contributed by atoms with Crippen LogP contribution in [0.15, 0.2) is 18.3 Å². The molecule has 0 spiro atoms. The van der Waals surface area contributed by atoms with Gasteiger partial charge in [-0.2, -0.15) is 5.10 Å². The summed E-state index contributed by atoms with van der Waals surface area (Å²) >= 11 is 0. The van der Waals surface area contributed by atoms with Crippen molar-refractivity contribution in [2.45, 2.75) is 52.6 Å². The molecule has 26 heavy (non-hydrogen) atoms. The van der Waals surface area contributed by atoms with Gasteiger partial charge in [0.1, 0.15) is 0 Å². The van der Waals surface area contributed by atoms with Crippen LogP contribution in [0.3, 0.4) is 0 Å². The Kier molecular flexibility index (Phi) is 5.35. The Labute approximate surface area is 153 Å². The summed E-state index contributed by atoms with van der Waals surface area (Å²) in [7, 11) is 0. The van der Waals surface area contributed by atoms with E-state index in [-0.39, 0.29) is 17.9 Å². The van der Waals surface area contributed by atoms with E-state index in [1.165, 1.54) is 6.92 Å². The van der Waals surface area contributed by atoms with Crippen LogP contribution in [0, 0.1) is 13.8 Å². The molecule has 3 rings (SSSR count). The Hall–Kier alpha value is -2.70. The summed E-state index contributed by atoms with van der Waals surface area (Å²) in [4.78, 5) is 30.3. The Morgan fingerprint density at radius 3 is 2.77 bits per heavy atom. The minimum absolute atomic E-state index is 0.0184. The van der Waals surface area contributed by atoms with Gasteiger partial charge in [-0.25, -0.2) is 0 Å². The molecule has 2 N–H and O–H groups in total. The summed E-state index contributed by atoms with van der Waals surface area (Å²) in [5.74, 6) is 0.0516. The molecule has 7 nitrogen and oxygen atoms in total. The summed E-state index contributed by atoms with van der Waals surface area (Å²) in [5, 5.41) is 9.87. The molecule has 2 aromatic rings. The number of hydrogen-bond donors (Lipinski definition) is 2. The second kappa shape index (κ2) is 7.68. The second-order valence-electron chi connectivity index (χ2n) is 6.84. The summed E-state index contributed by atoms with van der Waals surface area (Å²) in [6.07, 6.45) is 4.05. The second-order valence-corrected chi connectivity index (χ2v) is 6.84. The number of amides is 2. The first-order valence-electron chi connectivity index (χ1n) is 8.95. The van der Waals surface area contributed by atoms with Gasteiger partial charge in [-0.15, -0.1) is 0 Å². The number of rotatable bonds is 5. The van der Waals surface area contributed by atoms with Crippen molar-refractivity contribution in [2.75, 3.05) is 6.54 Å². The van der Waals surface area contributed by atoms with Crippen molar-refractivity contribution in [1.29, 1.82) is 0 Å². The van der Waals surface area contributed by atoms with Crippen molar-refractivity contribution in [1.82, 2.24) is 25.4 Å². The van der Waals surface area contributed by atoms with Gasteiger partial charge in [-0.1, -0.05) is 6.07 Å². The molecule has 2 aromatic heterocycles. The van der Waals surface area contributed by atoms with Crippen molar-refractivity contribution in [3.8, 4) is 0 Å². The highest BCUT2D eigenvalue weighted by molar-refractivity contribution is 5.80. The Bertz CT molecular complexity index is 777. The maximum Gasteiger partial charge on any atom is 0.227 e. The van der Waals surface area contributed by atoms with Crippen LogP contribution in [-0.4, -0.2) is 38.4 Å². The molecule has 1 saturated heterocycles. The maximum atomic E-state index is 12.9. The molecule has 1 fully saturated rings. The van der Waals surface area contributed by atoms with Crippen molar-refractivity contribution >= 4 is 11.8 Å². The average molecular weight is 355 g/mol. The normalized spacial score (nSPS) is 16.7. The van der Waals surface area contributed by atoms with Crippen LogP contribution in [0.4, 0.5) is 0 Å². The summed E-state index contributed by atoms with van der Waals surface area (Å²) in [5.41, 5.74) is 4.67. The zero-order valence-electron chi connectivity index (χ0n) is 15.5. The number of carbonyl (C=O) groups excluding carboxylic acids is 2. The van der Waals surface area contributed by atoms with E-state index in [4.69, 9.17) is 0 Å². The number of pyridine rings is 1. The SMILES string of the molecule is CC(=O)NCc1ccc(C2CCCN2C(=O)Cc2c(C)n[nH]c2C)nc1. The number of nitrogens with one attached hydrogen (secondary N) is 2. The molecule has 0 radical (unpaired) electrons. The van der Waals surface area contributed by atoms with Gasteiger partial charge in [-0.05, 0) is 38.3 Å². The molecule has 2 amide bonds.